The average molecular weight is 576 g/mol. The third-order valence-electron chi connectivity index (χ3n) is 8.89. The van der Waals surface area contributed by atoms with Crippen LogP contribution in [0.5, 0.6) is 5.75 Å². The Morgan fingerprint density at radius 2 is 1.23 bits per heavy atom. The first kappa shape index (κ1) is 29.7. The predicted molar refractivity (Wildman–Crippen MR) is 174 cm³/mol. The van der Waals surface area contributed by atoms with Crippen molar-refractivity contribution < 1.29 is 9.26 Å². The molecule has 0 amide bonds. The van der Waals surface area contributed by atoms with Crippen molar-refractivity contribution in [1.82, 2.24) is 4.67 Å². The Kier molecular flexibility index (Phi) is 11.1. The number of ether oxygens (including phenoxy) is 1. The number of benzene rings is 3. The molecule has 3 nitrogen and oxygen atoms in total. The van der Waals surface area contributed by atoms with Crippen LogP contribution in [0.3, 0.4) is 0 Å². The van der Waals surface area contributed by atoms with Gasteiger partial charge >= 0.3 is 0 Å². The van der Waals surface area contributed by atoms with E-state index in [0.717, 1.165) is 17.1 Å². The number of methoxy groups -OCH3 is 1. The van der Waals surface area contributed by atoms with Crippen LogP contribution in [0, 0.1) is 0 Å². The summed E-state index contributed by atoms with van der Waals surface area (Å²) in [4.78, 5) is 0. The van der Waals surface area contributed by atoms with Crippen molar-refractivity contribution in [2.24, 2.45) is 0 Å². The highest BCUT2D eigenvalue weighted by molar-refractivity contribution is 7.71. The molecule has 0 bridgehead atoms. The van der Waals surface area contributed by atoms with Crippen LogP contribution < -0.4 is 15.3 Å². The normalized spacial score (nSPS) is 19.4. The van der Waals surface area contributed by atoms with E-state index in [-0.39, 0.29) is 12.1 Å². The highest BCUT2D eigenvalue weighted by atomic mass is 31.1. The van der Waals surface area contributed by atoms with Crippen LogP contribution in [0.1, 0.15) is 82.8 Å². The first-order valence-corrected chi connectivity index (χ1v) is 18.1. The molecular formula is C35H47NO2P2. The number of nitrogens with zero attached hydrogens (tertiary/aromatic N) is 1. The van der Waals surface area contributed by atoms with Gasteiger partial charge in [-0.15, -0.1) is 0 Å². The van der Waals surface area contributed by atoms with Gasteiger partial charge in [-0.05, 0) is 62.7 Å². The maximum atomic E-state index is 7.58. The Hall–Kier alpha value is -1.76. The lowest BCUT2D eigenvalue weighted by Crippen LogP contribution is -2.37. The largest absolute Gasteiger partial charge is 0.496 e. The summed E-state index contributed by atoms with van der Waals surface area (Å²) in [7, 11) is 2.78. The summed E-state index contributed by atoms with van der Waals surface area (Å²) in [5, 5.41) is 2.60. The first-order chi connectivity index (χ1) is 19.7. The summed E-state index contributed by atoms with van der Waals surface area (Å²) in [6, 6.07) is 30.8. The molecule has 5 heteroatoms. The smallest absolute Gasteiger partial charge is 0.128 e. The molecule has 2 aliphatic carbocycles. The van der Waals surface area contributed by atoms with Crippen molar-refractivity contribution in [2.45, 2.75) is 94.6 Å². The molecule has 0 unspecified atom stereocenters. The quantitative estimate of drug-likeness (QED) is 0.213. The zero-order valence-electron chi connectivity index (χ0n) is 24.6. The summed E-state index contributed by atoms with van der Waals surface area (Å²) in [5.41, 5.74) is 2.81. The van der Waals surface area contributed by atoms with E-state index in [1.807, 2.05) is 0 Å². The molecule has 0 aliphatic heterocycles. The zero-order valence-corrected chi connectivity index (χ0v) is 26.4. The molecule has 5 rings (SSSR count). The number of hydrogen-bond acceptors (Lipinski definition) is 3. The van der Waals surface area contributed by atoms with Crippen LogP contribution in [0.2, 0.25) is 0 Å². The second kappa shape index (κ2) is 14.9. The van der Waals surface area contributed by atoms with Crippen LogP contribution in [0.25, 0.3) is 0 Å². The number of rotatable bonds is 11. The van der Waals surface area contributed by atoms with Gasteiger partial charge in [-0.3, -0.25) is 4.67 Å². The molecule has 214 valence electrons. The van der Waals surface area contributed by atoms with Gasteiger partial charge in [0, 0.05) is 38.9 Å². The van der Waals surface area contributed by atoms with Crippen molar-refractivity contribution >= 4 is 26.8 Å². The molecule has 0 saturated heterocycles. The van der Waals surface area contributed by atoms with Crippen molar-refractivity contribution in [1.29, 1.82) is 0 Å². The van der Waals surface area contributed by atoms with Crippen LogP contribution >= 0.6 is 16.2 Å². The van der Waals surface area contributed by atoms with Gasteiger partial charge < -0.3 is 9.26 Å². The maximum absolute atomic E-state index is 7.58. The maximum Gasteiger partial charge on any atom is 0.128 e. The molecule has 0 N–H and O–H groups in total. The monoisotopic (exact) mass is 575 g/mol. The van der Waals surface area contributed by atoms with E-state index in [2.05, 4.69) is 104 Å². The van der Waals surface area contributed by atoms with E-state index >= 15 is 0 Å². The van der Waals surface area contributed by atoms with Crippen molar-refractivity contribution in [3.8, 4) is 5.75 Å². The summed E-state index contributed by atoms with van der Waals surface area (Å²) >= 11 is 0. The van der Waals surface area contributed by atoms with E-state index in [9.17, 15) is 0 Å². The fourth-order valence-electron chi connectivity index (χ4n) is 6.59. The van der Waals surface area contributed by atoms with Gasteiger partial charge in [0.1, 0.15) is 11.9 Å². The third kappa shape index (κ3) is 7.17. The Morgan fingerprint density at radius 3 is 1.80 bits per heavy atom. The van der Waals surface area contributed by atoms with Gasteiger partial charge in [-0.2, -0.15) is 0 Å². The van der Waals surface area contributed by atoms with Crippen LogP contribution in [0.4, 0.5) is 0 Å². The SMILES string of the molecule is COc1ccccc1[P@@](c1ccccc1)N(C)[C@H](C)[C@@H](OP(C1CCCCC1)C1CCCCC1)c1ccccc1. The molecule has 0 radical (unpaired) electrons. The fraction of sp³-hybridized carbons (Fsp3) is 0.486. The van der Waals surface area contributed by atoms with Gasteiger partial charge in [0.05, 0.1) is 7.11 Å². The Balaban J connectivity index is 1.51. The Labute approximate surface area is 245 Å². The fourth-order valence-corrected chi connectivity index (χ4v) is 12.4. The third-order valence-corrected chi connectivity index (χ3v) is 14.4. The molecule has 0 spiro atoms. The van der Waals surface area contributed by atoms with Crippen molar-refractivity contribution in [2.75, 3.05) is 14.2 Å². The van der Waals surface area contributed by atoms with E-state index in [4.69, 9.17) is 9.26 Å². The first-order valence-electron chi connectivity index (χ1n) is 15.4. The summed E-state index contributed by atoms with van der Waals surface area (Å²) < 4.78 is 16.1. The number of para-hydroxylation sites is 1. The van der Waals surface area contributed by atoms with E-state index in [0.29, 0.717) is 0 Å². The average Bonchev–Trinajstić information content (AvgIpc) is 3.03. The molecular weight excluding hydrogens is 528 g/mol. The minimum Gasteiger partial charge on any atom is -0.496 e. The van der Waals surface area contributed by atoms with Crippen molar-refractivity contribution in [3.05, 3.63) is 90.5 Å². The molecule has 2 aliphatic rings. The van der Waals surface area contributed by atoms with Crippen molar-refractivity contribution in [3.63, 3.8) is 0 Å². The molecule has 0 heterocycles. The predicted octanol–water partition coefficient (Wildman–Crippen LogP) is 9.18. The second-order valence-electron chi connectivity index (χ2n) is 11.5. The molecule has 0 aromatic heterocycles. The minimum atomic E-state index is -0.819. The lowest BCUT2D eigenvalue weighted by molar-refractivity contribution is 0.144. The number of hydrogen-bond donors (Lipinski definition) is 0. The standard InChI is InChI=1S/C35H47NO2P2/c1-28(36(2)39(30-20-10-5-11-21-30)34-27-17-16-26-33(34)37-3)35(29-18-8-4-9-19-29)38-40(31-22-12-6-13-23-31)32-24-14-7-15-25-32/h4-5,8-11,16-21,26-28,31-32,35H,6-7,12-15,22-25H2,1-3H3/t28-,35-,39-/m1/s1. The topological polar surface area (TPSA) is 21.7 Å². The molecule has 3 atom stereocenters. The zero-order chi connectivity index (χ0) is 27.7. The second-order valence-corrected chi connectivity index (χ2v) is 16.2. The highest BCUT2D eigenvalue weighted by Crippen LogP contribution is 2.60. The summed E-state index contributed by atoms with van der Waals surface area (Å²) in [6.07, 6.45) is 13.7. The Bertz CT molecular complexity index is 1130. The van der Waals surface area contributed by atoms with E-state index in [1.165, 1.54) is 80.4 Å². The van der Waals surface area contributed by atoms with Gasteiger partial charge in [0.25, 0.3) is 0 Å². The molecule has 2 fully saturated rings. The van der Waals surface area contributed by atoms with Gasteiger partial charge in [-0.25, -0.2) is 0 Å². The highest BCUT2D eigenvalue weighted by Gasteiger charge is 2.38. The van der Waals surface area contributed by atoms with Crippen LogP contribution in [-0.4, -0.2) is 36.2 Å². The van der Waals surface area contributed by atoms with Gasteiger partial charge in [0.2, 0.25) is 0 Å². The lowest BCUT2D eigenvalue weighted by atomic mass is 10.00. The minimum absolute atomic E-state index is 0.0320. The van der Waals surface area contributed by atoms with Gasteiger partial charge in [-0.1, -0.05) is 111 Å². The molecule has 2 saturated carbocycles. The van der Waals surface area contributed by atoms with Crippen LogP contribution in [0.15, 0.2) is 84.9 Å². The van der Waals surface area contributed by atoms with E-state index in [1.54, 1.807) is 7.11 Å². The molecule has 3 aromatic rings. The van der Waals surface area contributed by atoms with Gasteiger partial charge in [0.15, 0.2) is 0 Å². The number of likely N-dealkylation sites (N-methyl/N-ethyl adjacent to an activating group) is 1. The van der Waals surface area contributed by atoms with E-state index < -0.39 is 16.2 Å². The van der Waals surface area contributed by atoms with Crippen LogP contribution in [-0.2, 0) is 4.52 Å². The summed E-state index contributed by atoms with van der Waals surface area (Å²) in [6.45, 7) is 2.39. The molecule has 40 heavy (non-hydrogen) atoms. The Morgan fingerprint density at radius 1 is 0.700 bits per heavy atom. The lowest BCUT2D eigenvalue weighted by Gasteiger charge is -2.43. The summed E-state index contributed by atoms with van der Waals surface area (Å²) in [5.74, 6) is 0.959. The molecule has 3 aromatic carbocycles.